The lowest BCUT2D eigenvalue weighted by Gasteiger charge is -2.30. The summed E-state index contributed by atoms with van der Waals surface area (Å²) in [6.45, 7) is 6.31. The van der Waals surface area contributed by atoms with Gasteiger partial charge in [0.1, 0.15) is 10.6 Å². The average molecular weight is 473 g/mol. The zero-order valence-electron chi connectivity index (χ0n) is 19.1. The summed E-state index contributed by atoms with van der Waals surface area (Å²) in [6.07, 6.45) is 0.857. The van der Waals surface area contributed by atoms with Crippen LogP contribution in [0.3, 0.4) is 0 Å². The predicted octanol–water partition coefficient (Wildman–Crippen LogP) is 6.19. The summed E-state index contributed by atoms with van der Waals surface area (Å²) in [5.74, 6) is -0.416. The third kappa shape index (κ3) is 4.09. The first-order valence-corrected chi connectivity index (χ1v) is 12.3. The molecule has 0 aromatic heterocycles. The lowest BCUT2D eigenvalue weighted by Crippen LogP contribution is -2.22. The van der Waals surface area contributed by atoms with E-state index in [-0.39, 0.29) is 32.5 Å². The van der Waals surface area contributed by atoms with Gasteiger partial charge in [-0.2, -0.15) is 8.42 Å². The summed E-state index contributed by atoms with van der Waals surface area (Å²) in [5, 5.41) is 21.9. The topological polar surface area (TPSA) is 94.6 Å². The minimum absolute atomic E-state index is 0.132. The summed E-state index contributed by atoms with van der Waals surface area (Å²) < 4.78 is 31.7. The number of nitrogens with zero attached hydrogens (tertiary/aromatic N) is 2. The Balaban J connectivity index is 1.70. The average Bonchev–Trinajstić information content (AvgIpc) is 2.84. The van der Waals surface area contributed by atoms with Crippen molar-refractivity contribution in [3.8, 4) is 11.5 Å². The number of rotatable bonds is 6. The van der Waals surface area contributed by atoms with Crippen LogP contribution < -0.4 is 9.29 Å². The fourth-order valence-electron chi connectivity index (χ4n) is 4.13. The third-order valence-corrected chi connectivity index (χ3v) is 7.70. The largest absolute Gasteiger partial charge is 0.867 e. The van der Waals surface area contributed by atoms with Gasteiger partial charge in [0.2, 0.25) is 5.39 Å². The fourth-order valence-corrected chi connectivity index (χ4v) is 5.29. The van der Waals surface area contributed by atoms with Crippen LogP contribution in [-0.2, 0) is 15.5 Å². The zero-order chi connectivity index (χ0) is 24.5. The molecule has 0 aliphatic heterocycles. The number of fused-ring (bicyclic) bond motifs is 1. The minimum atomic E-state index is -4.31. The number of benzene rings is 4. The van der Waals surface area contributed by atoms with E-state index < -0.39 is 15.9 Å². The maximum absolute atomic E-state index is 13.1. The van der Waals surface area contributed by atoms with E-state index in [0.29, 0.717) is 0 Å². The number of hydrogen-bond acceptors (Lipinski definition) is 5. The van der Waals surface area contributed by atoms with Gasteiger partial charge in [-0.3, -0.25) is 0 Å². The van der Waals surface area contributed by atoms with Crippen LogP contribution >= 0.6 is 0 Å². The SMILES string of the molecule is CCC(C)(c1ccc(C)cc1)c1ccc(OS(=O)(=O)c2cc([N+]#N)c([O-])c3ccccc23)cc1. The molecule has 0 aliphatic carbocycles. The Kier molecular flexibility index (Phi) is 6.03. The van der Waals surface area contributed by atoms with Crippen LogP contribution in [0.15, 0.2) is 83.8 Å². The lowest BCUT2D eigenvalue weighted by atomic mass is 9.74. The third-order valence-electron chi connectivity index (χ3n) is 6.41. The van der Waals surface area contributed by atoms with Crippen LogP contribution in [0, 0.1) is 12.3 Å². The van der Waals surface area contributed by atoms with Crippen molar-refractivity contribution in [3.63, 3.8) is 0 Å². The van der Waals surface area contributed by atoms with Gasteiger partial charge in [-0.15, -0.1) is 0 Å². The van der Waals surface area contributed by atoms with Crippen molar-refractivity contribution in [2.24, 2.45) is 0 Å². The molecule has 4 aromatic carbocycles. The van der Waals surface area contributed by atoms with Crippen molar-refractivity contribution in [1.82, 2.24) is 0 Å². The molecule has 0 aliphatic rings. The Morgan fingerprint density at radius 2 is 1.50 bits per heavy atom. The molecule has 4 aromatic rings. The van der Waals surface area contributed by atoms with Gasteiger partial charge in [0.15, 0.2) is 4.98 Å². The normalized spacial score (nSPS) is 13.2. The van der Waals surface area contributed by atoms with E-state index in [9.17, 15) is 18.9 Å². The predicted molar refractivity (Wildman–Crippen MR) is 130 cm³/mol. The summed E-state index contributed by atoms with van der Waals surface area (Å²) >= 11 is 0. The van der Waals surface area contributed by atoms with Crippen molar-refractivity contribution >= 4 is 26.6 Å². The monoisotopic (exact) mass is 472 g/mol. The van der Waals surface area contributed by atoms with Crippen LogP contribution in [0.5, 0.6) is 11.5 Å². The maximum atomic E-state index is 13.1. The van der Waals surface area contributed by atoms with Gasteiger partial charge < -0.3 is 9.29 Å². The molecule has 0 saturated heterocycles. The molecule has 0 fully saturated rings. The molecule has 6 nitrogen and oxygen atoms in total. The van der Waals surface area contributed by atoms with Crippen LogP contribution in [0.25, 0.3) is 15.7 Å². The van der Waals surface area contributed by atoms with E-state index in [4.69, 9.17) is 4.18 Å². The zero-order valence-corrected chi connectivity index (χ0v) is 20.0. The van der Waals surface area contributed by atoms with Crippen molar-refractivity contribution in [2.75, 3.05) is 0 Å². The highest BCUT2D eigenvalue weighted by molar-refractivity contribution is 7.87. The molecular weight excluding hydrogens is 448 g/mol. The Morgan fingerprint density at radius 3 is 2.06 bits per heavy atom. The number of diazo groups is 1. The van der Waals surface area contributed by atoms with Crippen molar-refractivity contribution < 1.29 is 17.7 Å². The first-order valence-electron chi connectivity index (χ1n) is 10.9. The van der Waals surface area contributed by atoms with Gasteiger partial charge in [-0.1, -0.05) is 80.1 Å². The lowest BCUT2D eigenvalue weighted by molar-refractivity contribution is -0.264. The highest BCUT2D eigenvalue weighted by Gasteiger charge is 2.28. The van der Waals surface area contributed by atoms with Gasteiger partial charge in [0, 0.05) is 10.8 Å². The summed E-state index contributed by atoms with van der Waals surface area (Å²) in [6, 6.07) is 22.6. The van der Waals surface area contributed by atoms with Gasteiger partial charge in [-0.25, -0.2) is 0 Å². The molecule has 34 heavy (non-hydrogen) atoms. The minimum Gasteiger partial charge on any atom is -0.867 e. The summed E-state index contributed by atoms with van der Waals surface area (Å²) in [7, 11) is -4.31. The molecule has 0 radical (unpaired) electrons. The van der Waals surface area contributed by atoms with Crippen molar-refractivity contribution in [2.45, 2.75) is 37.5 Å². The van der Waals surface area contributed by atoms with E-state index in [2.05, 4.69) is 43.1 Å². The quantitative estimate of drug-likeness (QED) is 0.246. The molecule has 1 unspecified atom stereocenters. The Morgan fingerprint density at radius 1 is 0.941 bits per heavy atom. The second-order valence-corrected chi connectivity index (χ2v) is 10.00. The molecule has 0 saturated carbocycles. The second-order valence-electron chi connectivity index (χ2n) is 8.48. The molecular formula is C27H24N2O4S. The van der Waals surface area contributed by atoms with Gasteiger partial charge in [-0.05, 0) is 47.7 Å². The summed E-state index contributed by atoms with van der Waals surface area (Å²) in [5.41, 5.74) is 2.78. The van der Waals surface area contributed by atoms with Gasteiger partial charge in [0.25, 0.3) is 0 Å². The Labute approximate surface area is 199 Å². The Hall–Kier alpha value is -3.89. The van der Waals surface area contributed by atoms with Gasteiger partial charge in [0.05, 0.1) is 6.07 Å². The first-order chi connectivity index (χ1) is 16.2. The van der Waals surface area contributed by atoms with E-state index in [1.165, 1.54) is 23.3 Å². The van der Waals surface area contributed by atoms with Crippen LogP contribution in [0.1, 0.15) is 37.0 Å². The van der Waals surface area contributed by atoms with Crippen molar-refractivity contribution in [3.05, 3.63) is 101 Å². The van der Waals surface area contributed by atoms with Crippen molar-refractivity contribution in [1.29, 1.82) is 5.39 Å². The molecule has 0 spiro atoms. The molecule has 1 atom stereocenters. The Bertz CT molecular complexity index is 1510. The van der Waals surface area contributed by atoms with E-state index in [1.807, 2.05) is 19.1 Å². The molecule has 172 valence electrons. The van der Waals surface area contributed by atoms with Crippen LogP contribution in [-0.4, -0.2) is 8.42 Å². The first kappa shape index (κ1) is 23.3. The standard InChI is InChI=1S/C27H24N2O4S/c1-4-27(3,19-11-9-18(2)10-12-19)20-13-15-21(16-14-20)33-34(31,32)25-17-24(29-28)26(30)23-8-6-5-7-22(23)25/h5-17H,4H2,1-3H3. The highest BCUT2D eigenvalue weighted by Crippen LogP contribution is 2.39. The smallest absolute Gasteiger partial charge is 0.379 e. The molecule has 0 bridgehead atoms. The highest BCUT2D eigenvalue weighted by atomic mass is 32.2. The molecule has 0 N–H and O–H groups in total. The second kappa shape index (κ2) is 8.81. The van der Waals surface area contributed by atoms with Crippen LogP contribution in [0.4, 0.5) is 5.69 Å². The van der Waals surface area contributed by atoms with Crippen LogP contribution in [0.2, 0.25) is 0 Å². The molecule has 0 amide bonds. The van der Waals surface area contributed by atoms with E-state index >= 15 is 0 Å². The summed E-state index contributed by atoms with van der Waals surface area (Å²) in [4.78, 5) is 2.71. The van der Waals surface area contributed by atoms with Gasteiger partial charge >= 0.3 is 15.8 Å². The number of aryl methyl sites for hydroxylation is 1. The maximum Gasteiger partial charge on any atom is 0.379 e. The van der Waals surface area contributed by atoms with E-state index in [0.717, 1.165) is 18.1 Å². The molecule has 4 rings (SSSR count). The molecule has 7 heteroatoms. The van der Waals surface area contributed by atoms with E-state index in [1.54, 1.807) is 24.3 Å². The fraction of sp³-hybridized carbons (Fsp3) is 0.185. The number of hydrogen-bond donors (Lipinski definition) is 0. The molecule has 0 heterocycles.